The molecule has 6 nitrogen and oxygen atoms in total. The Kier molecular flexibility index (Phi) is 3.62. The van der Waals surface area contributed by atoms with Gasteiger partial charge in [0.05, 0.1) is 11.6 Å². The number of hydrogen-bond donors (Lipinski definition) is 1. The van der Waals surface area contributed by atoms with E-state index in [1.54, 1.807) is 24.3 Å². The molecule has 1 fully saturated rings. The summed E-state index contributed by atoms with van der Waals surface area (Å²) in [7, 11) is -3.55. The number of carboxylic acid groups (broad SMARTS) is 1. The van der Waals surface area contributed by atoms with Gasteiger partial charge < -0.3 is 5.11 Å². The van der Waals surface area contributed by atoms with Crippen LogP contribution >= 0.6 is 0 Å². The van der Waals surface area contributed by atoms with E-state index >= 15 is 0 Å². The van der Waals surface area contributed by atoms with Crippen molar-refractivity contribution in [3.05, 3.63) is 29.8 Å². The lowest BCUT2D eigenvalue weighted by atomic mass is 9.91. The predicted octanol–water partition coefficient (Wildman–Crippen LogP) is 1.41. The second kappa shape index (κ2) is 5.31. The van der Waals surface area contributed by atoms with Crippen LogP contribution in [0.3, 0.4) is 0 Å². The van der Waals surface area contributed by atoms with Gasteiger partial charge in [0.2, 0.25) is 0 Å². The minimum atomic E-state index is -3.55. The SMILES string of the molecule is O=C(O)C1CCN(S(=O)(=O)N2CCCC2)c2ccccc21. The van der Waals surface area contributed by atoms with Gasteiger partial charge in [0.15, 0.2) is 0 Å². The average molecular weight is 310 g/mol. The number of benzene rings is 1. The zero-order chi connectivity index (χ0) is 15.0. The molecule has 0 aromatic heterocycles. The van der Waals surface area contributed by atoms with E-state index < -0.39 is 22.1 Å². The van der Waals surface area contributed by atoms with Crippen molar-refractivity contribution in [2.45, 2.75) is 25.2 Å². The summed E-state index contributed by atoms with van der Waals surface area (Å²) in [5.41, 5.74) is 1.09. The Labute approximate surface area is 124 Å². The molecule has 0 radical (unpaired) electrons. The molecule has 114 valence electrons. The molecule has 2 heterocycles. The van der Waals surface area contributed by atoms with Gasteiger partial charge in [-0.2, -0.15) is 12.7 Å². The smallest absolute Gasteiger partial charge is 0.311 e. The number of hydrogen-bond acceptors (Lipinski definition) is 3. The summed E-state index contributed by atoms with van der Waals surface area (Å²) in [6, 6.07) is 6.90. The lowest BCUT2D eigenvalue weighted by Gasteiger charge is -2.35. The quantitative estimate of drug-likeness (QED) is 0.915. The van der Waals surface area contributed by atoms with Crippen molar-refractivity contribution in [1.82, 2.24) is 4.31 Å². The van der Waals surface area contributed by atoms with Crippen LogP contribution in [0.2, 0.25) is 0 Å². The first kappa shape index (κ1) is 14.3. The number of rotatable bonds is 3. The summed E-state index contributed by atoms with van der Waals surface area (Å²) in [4.78, 5) is 11.4. The van der Waals surface area contributed by atoms with Gasteiger partial charge in [0.1, 0.15) is 0 Å². The molecule has 1 atom stereocenters. The number of nitrogens with zero attached hydrogens (tertiary/aromatic N) is 2. The molecule has 1 N–H and O–H groups in total. The van der Waals surface area contributed by atoms with Crippen molar-refractivity contribution < 1.29 is 18.3 Å². The molecule has 0 spiro atoms. The second-order valence-corrected chi connectivity index (χ2v) is 7.28. The Morgan fingerprint density at radius 2 is 1.81 bits per heavy atom. The molecule has 1 unspecified atom stereocenters. The van der Waals surface area contributed by atoms with Crippen LogP contribution in [-0.2, 0) is 15.0 Å². The maximum absolute atomic E-state index is 12.7. The minimum absolute atomic E-state index is 0.215. The van der Waals surface area contributed by atoms with Crippen LogP contribution in [0.5, 0.6) is 0 Å². The third kappa shape index (κ3) is 2.40. The monoisotopic (exact) mass is 310 g/mol. The molecular formula is C14H18N2O4S. The van der Waals surface area contributed by atoms with E-state index in [-0.39, 0.29) is 6.54 Å². The zero-order valence-corrected chi connectivity index (χ0v) is 12.4. The van der Waals surface area contributed by atoms with Crippen molar-refractivity contribution >= 4 is 21.9 Å². The summed E-state index contributed by atoms with van der Waals surface area (Å²) in [6.07, 6.45) is 2.07. The molecule has 3 rings (SSSR count). The van der Waals surface area contributed by atoms with Gasteiger partial charge in [-0.3, -0.25) is 9.10 Å². The Bertz CT molecular complexity index is 653. The Balaban J connectivity index is 2.01. The highest BCUT2D eigenvalue weighted by Crippen LogP contribution is 2.37. The van der Waals surface area contributed by atoms with E-state index in [4.69, 9.17) is 0 Å². The van der Waals surface area contributed by atoms with Crippen LogP contribution in [0, 0.1) is 0 Å². The molecule has 0 amide bonds. The molecule has 0 aliphatic carbocycles. The van der Waals surface area contributed by atoms with Crippen LogP contribution in [0.4, 0.5) is 5.69 Å². The summed E-state index contributed by atoms with van der Waals surface area (Å²) >= 11 is 0. The van der Waals surface area contributed by atoms with Gasteiger partial charge in [-0.25, -0.2) is 0 Å². The lowest BCUT2D eigenvalue weighted by Crippen LogP contribution is -2.46. The van der Waals surface area contributed by atoms with Crippen LogP contribution in [-0.4, -0.2) is 43.4 Å². The summed E-state index contributed by atoms with van der Waals surface area (Å²) < 4.78 is 28.3. The predicted molar refractivity (Wildman–Crippen MR) is 78.5 cm³/mol. The van der Waals surface area contributed by atoms with Crippen LogP contribution < -0.4 is 4.31 Å². The molecule has 1 saturated heterocycles. The molecule has 0 bridgehead atoms. The molecule has 1 aromatic carbocycles. The van der Waals surface area contributed by atoms with Crippen molar-refractivity contribution in [3.63, 3.8) is 0 Å². The minimum Gasteiger partial charge on any atom is -0.481 e. The average Bonchev–Trinajstić information content (AvgIpc) is 3.00. The van der Waals surface area contributed by atoms with Crippen molar-refractivity contribution in [3.8, 4) is 0 Å². The molecule has 0 saturated carbocycles. The highest BCUT2D eigenvalue weighted by atomic mass is 32.2. The van der Waals surface area contributed by atoms with Crippen LogP contribution in [0.1, 0.15) is 30.7 Å². The molecule has 21 heavy (non-hydrogen) atoms. The number of carboxylic acids is 1. The first-order valence-corrected chi connectivity index (χ1v) is 8.51. The molecule has 7 heteroatoms. The Hall–Kier alpha value is -1.60. The number of fused-ring (bicyclic) bond motifs is 1. The fourth-order valence-electron chi connectivity index (χ4n) is 3.09. The lowest BCUT2D eigenvalue weighted by molar-refractivity contribution is -0.139. The third-order valence-electron chi connectivity index (χ3n) is 4.17. The largest absolute Gasteiger partial charge is 0.481 e. The summed E-state index contributed by atoms with van der Waals surface area (Å²) in [6.45, 7) is 1.31. The summed E-state index contributed by atoms with van der Waals surface area (Å²) in [5.74, 6) is -1.54. The second-order valence-electron chi connectivity index (χ2n) is 5.42. The van der Waals surface area contributed by atoms with Gasteiger partial charge >= 0.3 is 16.2 Å². The van der Waals surface area contributed by atoms with Crippen molar-refractivity contribution in [2.75, 3.05) is 23.9 Å². The highest BCUT2D eigenvalue weighted by molar-refractivity contribution is 7.90. The van der Waals surface area contributed by atoms with Gasteiger partial charge in [0.25, 0.3) is 0 Å². The molecule has 1 aromatic rings. The van der Waals surface area contributed by atoms with Crippen molar-refractivity contribution in [2.24, 2.45) is 0 Å². The fourth-order valence-corrected chi connectivity index (χ4v) is 4.84. The first-order valence-electron chi connectivity index (χ1n) is 7.11. The maximum Gasteiger partial charge on any atom is 0.311 e. The van der Waals surface area contributed by atoms with Crippen molar-refractivity contribution in [1.29, 1.82) is 0 Å². The maximum atomic E-state index is 12.7. The van der Waals surface area contributed by atoms with E-state index in [1.165, 1.54) is 8.61 Å². The summed E-state index contributed by atoms with van der Waals surface area (Å²) in [5, 5.41) is 9.31. The third-order valence-corrected chi connectivity index (χ3v) is 6.12. The van der Waals surface area contributed by atoms with E-state index in [9.17, 15) is 18.3 Å². The fraction of sp³-hybridized carbons (Fsp3) is 0.500. The van der Waals surface area contributed by atoms with Crippen LogP contribution in [0.25, 0.3) is 0 Å². The van der Waals surface area contributed by atoms with Gasteiger partial charge in [-0.15, -0.1) is 0 Å². The van der Waals surface area contributed by atoms with Gasteiger partial charge in [-0.05, 0) is 30.9 Å². The topological polar surface area (TPSA) is 77.9 Å². The molecule has 2 aliphatic heterocycles. The Morgan fingerprint density at radius 1 is 1.14 bits per heavy atom. The van der Waals surface area contributed by atoms with E-state index in [2.05, 4.69) is 0 Å². The highest BCUT2D eigenvalue weighted by Gasteiger charge is 2.38. The zero-order valence-electron chi connectivity index (χ0n) is 11.6. The van der Waals surface area contributed by atoms with E-state index in [1.807, 2.05) is 0 Å². The Morgan fingerprint density at radius 3 is 2.48 bits per heavy atom. The molecule has 2 aliphatic rings. The number of anilines is 1. The van der Waals surface area contributed by atoms with E-state index in [0.29, 0.717) is 30.8 Å². The van der Waals surface area contributed by atoms with Crippen LogP contribution in [0.15, 0.2) is 24.3 Å². The van der Waals surface area contributed by atoms with Gasteiger partial charge in [-0.1, -0.05) is 18.2 Å². The number of para-hydroxylation sites is 1. The normalized spacial score (nSPS) is 23.0. The number of aliphatic carboxylic acids is 1. The molecular weight excluding hydrogens is 292 g/mol. The number of carbonyl (C=O) groups is 1. The van der Waals surface area contributed by atoms with E-state index in [0.717, 1.165) is 12.8 Å². The van der Waals surface area contributed by atoms with Gasteiger partial charge in [0, 0.05) is 19.6 Å². The first-order chi connectivity index (χ1) is 10.0. The standard InChI is InChI=1S/C14H18N2O4S/c17-14(18)12-7-10-16(13-6-2-1-5-11(12)13)21(19,20)15-8-3-4-9-15/h1-2,5-6,12H,3-4,7-10H2,(H,17,18).